The van der Waals surface area contributed by atoms with Gasteiger partial charge in [0.15, 0.2) is 0 Å². The summed E-state index contributed by atoms with van der Waals surface area (Å²) in [5, 5.41) is 15.2. The first-order valence-electron chi connectivity index (χ1n) is 2.13. The fourth-order valence-electron chi connectivity index (χ4n) is 0.0667. The van der Waals surface area contributed by atoms with Gasteiger partial charge in [-0.3, -0.25) is 0 Å². The maximum Gasteiger partial charge on any atom is 0 e. The van der Waals surface area contributed by atoms with Gasteiger partial charge in [-0.25, -0.2) is 0 Å². The molecule has 2 N–H and O–H groups in total. The molecule has 58 valence electrons. The van der Waals surface area contributed by atoms with E-state index in [0.29, 0.717) is 12.7 Å². The minimum atomic E-state index is 0. The molecule has 0 bridgehead atoms. The van der Waals surface area contributed by atoms with Gasteiger partial charge in [0.2, 0.25) is 0 Å². The van der Waals surface area contributed by atoms with Gasteiger partial charge < -0.3 is 32.3 Å². The van der Waals surface area contributed by atoms with Crippen LogP contribution in [0.5, 0.6) is 0 Å². The van der Waals surface area contributed by atoms with Crippen molar-refractivity contribution in [2.24, 2.45) is 9.98 Å². The largest absolute Gasteiger partial charge is 0.488 e. The third-order valence-corrected chi connectivity index (χ3v) is 0.282. The van der Waals surface area contributed by atoms with Crippen molar-refractivity contribution in [3.05, 3.63) is 22.3 Å². The van der Waals surface area contributed by atoms with Gasteiger partial charge in [0.1, 0.15) is 0 Å². The topological polar surface area (TPSA) is 117 Å². The van der Waals surface area contributed by atoms with Gasteiger partial charge in [-0.05, 0) is 0 Å². The van der Waals surface area contributed by atoms with E-state index in [4.69, 9.17) is 22.3 Å². The van der Waals surface area contributed by atoms with Gasteiger partial charge >= 0.3 is 0 Å². The molecule has 0 unspecified atom stereocenters. The van der Waals surface area contributed by atoms with Crippen molar-refractivity contribution in [2.45, 2.75) is 0 Å². The number of aliphatic imine (C=N–C) groups is 2. The Bertz CT molecular complexity index is 115. The summed E-state index contributed by atoms with van der Waals surface area (Å²) in [7, 11) is 0. The van der Waals surface area contributed by atoms with Crippen LogP contribution in [0.2, 0.25) is 0 Å². The normalized spacial score (nSPS) is 8.00. The van der Waals surface area contributed by atoms with Crippen molar-refractivity contribution in [2.75, 3.05) is 0 Å². The molecule has 0 aliphatic carbocycles. The van der Waals surface area contributed by atoms with E-state index >= 15 is 0 Å². The second kappa shape index (κ2) is 23.1. The van der Waals surface area contributed by atoms with Gasteiger partial charge in [-0.15, -0.1) is 25.4 Å². The van der Waals surface area contributed by atoms with E-state index in [-0.39, 0.29) is 19.5 Å². The van der Waals surface area contributed by atoms with Crippen LogP contribution in [0, 0.1) is 0 Å². The van der Waals surface area contributed by atoms with E-state index in [9.17, 15) is 0 Å². The summed E-state index contributed by atoms with van der Waals surface area (Å²) in [6.07, 6.45) is 2.62. The van der Waals surface area contributed by atoms with Gasteiger partial charge in [0.05, 0.1) is 0 Å². The average molecular weight is 204 g/mol. The SMILES string of the molecule is [N-]=CN=C[NH-].[N-]=CN=C[NH-].[Zn]. The Labute approximate surface area is 77.6 Å². The number of hydrogen-bond donors (Lipinski definition) is 0. The van der Waals surface area contributed by atoms with Crippen molar-refractivity contribution in [3.63, 3.8) is 0 Å². The standard InChI is InChI=1S/2C2H3N3.Zn/c2*3-1-5-2-4;/h2*1-2H,(H-2,3,4,5);/q2*-2;. The molecular weight excluding hydrogens is 197 g/mol. The number of nitrogens with one attached hydrogen (secondary N) is 2. The Kier molecular flexibility index (Phi) is 34.6. The number of rotatable bonds is 2. The number of hydrogen-bond acceptors (Lipinski definition) is 0. The van der Waals surface area contributed by atoms with Crippen molar-refractivity contribution in [1.82, 2.24) is 0 Å². The van der Waals surface area contributed by atoms with Gasteiger partial charge in [0.25, 0.3) is 0 Å². The summed E-state index contributed by atoms with van der Waals surface area (Å²) >= 11 is 0. The third kappa shape index (κ3) is 50.3. The van der Waals surface area contributed by atoms with E-state index in [0.717, 1.165) is 12.7 Å². The Morgan fingerprint density at radius 1 is 0.909 bits per heavy atom. The van der Waals surface area contributed by atoms with Crippen LogP contribution < -0.4 is 0 Å². The summed E-state index contributed by atoms with van der Waals surface area (Å²) in [6, 6.07) is 0. The zero-order chi connectivity index (χ0) is 8.24. The molecule has 0 rings (SSSR count). The van der Waals surface area contributed by atoms with Crippen molar-refractivity contribution < 1.29 is 19.5 Å². The Hall–Kier alpha value is -1.10. The molecule has 7 heteroatoms. The van der Waals surface area contributed by atoms with Crippen LogP contribution in [-0.4, -0.2) is 25.4 Å². The first-order valence-corrected chi connectivity index (χ1v) is 2.13. The first-order chi connectivity index (χ1) is 4.83. The molecule has 0 fully saturated rings. The summed E-state index contributed by atoms with van der Waals surface area (Å²) < 4.78 is 0. The molecule has 0 heterocycles. The molecule has 0 saturated carbocycles. The van der Waals surface area contributed by atoms with Crippen LogP contribution in [-0.2, 0) is 19.5 Å². The predicted octanol–water partition coefficient (Wildman–Crippen LogP) is 1.33. The maximum absolute atomic E-state index is 7.62. The van der Waals surface area contributed by atoms with Crippen LogP contribution in [0.25, 0.3) is 22.3 Å². The molecule has 6 nitrogen and oxygen atoms in total. The molecule has 0 aromatic carbocycles. The molecular formula is C4H6N6Zn-4. The number of nitrogens with zero attached hydrogens (tertiary/aromatic N) is 4. The van der Waals surface area contributed by atoms with Crippen molar-refractivity contribution in [1.29, 1.82) is 0 Å². The zero-order valence-corrected chi connectivity index (χ0v) is 8.77. The third-order valence-electron chi connectivity index (χ3n) is 0.282. The Morgan fingerprint density at radius 3 is 1.18 bits per heavy atom. The van der Waals surface area contributed by atoms with Crippen molar-refractivity contribution in [3.8, 4) is 0 Å². The Balaban J connectivity index is -0.000000107. The monoisotopic (exact) mass is 202 g/mol. The summed E-state index contributed by atoms with van der Waals surface area (Å²) in [4.78, 5) is 5.89. The van der Waals surface area contributed by atoms with E-state index in [1.165, 1.54) is 0 Å². The van der Waals surface area contributed by atoms with Crippen LogP contribution in [0.1, 0.15) is 0 Å². The molecule has 0 saturated heterocycles. The van der Waals surface area contributed by atoms with Gasteiger partial charge in [0, 0.05) is 19.5 Å². The first kappa shape index (κ1) is 16.5. The fourth-order valence-corrected chi connectivity index (χ4v) is 0.0667. The van der Waals surface area contributed by atoms with E-state index in [1.807, 2.05) is 0 Å². The molecule has 0 radical (unpaired) electrons. The summed E-state index contributed by atoms with van der Waals surface area (Å²) in [6.45, 7) is 0. The van der Waals surface area contributed by atoms with Crippen LogP contribution in [0.3, 0.4) is 0 Å². The molecule has 0 aliphatic heterocycles. The quantitative estimate of drug-likeness (QED) is 0.366. The maximum atomic E-state index is 7.62. The second-order valence-corrected chi connectivity index (χ2v) is 0.787. The zero-order valence-electron chi connectivity index (χ0n) is 5.81. The molecule has 0 aromatic rings. The molecule has 0 aromatic heterocycles. The van der Waals surface area contributed by atoms with E-state index in [2.05, 4.69) is 9.98 Å². The molecule has 0 atom stereocenters. The van der Waals surface area contributed by atoms with Gasteiger partial charge in [-0.1, -0.05) is 0 Å². The molecule has 0 amide bonds. The smallest absolute Gasteiger partial charge is 0 e. The van der Waals surface area contributed by atoms with Crippen LogP contribution in [0.4, 0.5) is 0 Å². The minimum absolute atomic E-state index is 0. The van der Waals surface area contributed by atoms with E-state index < -0.39 is 0 Å². The second-order valence-electron chi connectivity index (χ2n) is 0.787. The summed E-state index contributed by atoms with van der Waals surface area (Å²) in [5.74, 6) is 0. The molecule has 11 heavy (non-hydrogen) atoms. The van der Waals surface area contributed by atoms with Crippen LogP contribution in [0.15, 0.2) is 9.98 Å². The molecule has 0 spiro atoms. The van der Waals surface area contributed by atoms with Crippen LogP contribution >= 0.6 is 0 Å². The summed E-state index contributed by atoms with van der Waals surface area (Å²) in [5.41, 5.74) is 12.2. The minimum Gasteiger partial charge on any atom is -0.488 e. The van der Waals surface area contributed by atoms with E-state index in [1.54, 1.807) is 0 Å². The fraction of sp³-hybridized carbons (Fsp3) is 0. The molecule has 0 aliphatic rings. The van der Waals surface area contributed by atoms with Crippen molar-refractivity contribution >= 4 is 25.4 Å². The average Bonchev–Trinajstić information content (AvgIpc) is 1.93. The predicted molar refractivity (Wildman–Crippen MR) is 44.5 cm³/mol. The Morgan fingerprint density at radius 2 is 1.18 bits per heavy atom. The van der Waals surface area contributed by atoms with Gasteiger partial charge in [-0.2, -0.15) is 0 Å².